The first-order valence-electron chi connectivity index (χ1n) is 19.9. The number of nitrogens with zero attached hydrogens (tertiary/aromatic N) is 6. The van der Waals surface area contributed by atoms with E-state index in [0.29, 0.717) is 74.9 Å². The van der Waals surface area contributed by atoms with Crippen molar-refractivity contribution in [3.63, 3.8) is 0 Å². The molecule has 6 aromatic rings. The number of guanidine groups is 2. The Morgan fingerprint density at radius 3 is 1.58 bits per heavy atom. The van der Waals surface area contributed by atoms with Crippen LogP contribution in [0.15, 0.2) is 141 Å². The summed E-state index contributed by atoms with van der Waals surface area (Å²) in [6.07, 6.45) is 6.96. The maximum Gasteiger partial charge on any atom is 0.254 e. The lowest BCUT2D eigenvalue weighted by Gasteiger charge is -2.27. The van der Waals surface area contributed by atoms with E-state index >= 15 is 0 Å². The number of aliphatic imine (C=N–C) groups is 2. The zero-order chi connectivity index (χ0) is 41.1. The van der Waals surface area contributed by atoms with E-state index in [-0.39, 0.29) is 11.6 Å². The number of nitrogens with two attached hydrogens (primary N) is 2. The van der Waals surface area contributed by atoms with Gasteiger partial charge < -0.3 is 30.3 Å². The van der Waals surface area contributed by atoms with Crippen molar-refractivity contribution in [2.75, 3.05) is 26.2 Å². The zero-order valence-corrected chi connectivity index (χ0v) is 33.0. The summed E-state index contributed by atoms with van der Waals surface area (Å²) in [6, 6.07) is 32.4. The van der Waals surface area contributed by atoms with Crippen molar-refractivity contribution in [3.8, 4) is 22.3 Å². The predicted octanol–water partition coefficient (Wildman–Crippen LogP) is 9.82. The lowest BCUT2D eigenvalue weighted by Crippen LogP contribution is -2.40. The molecule has 0 amide bonds. The molecule has 0 saturated carbocycles. The lowest BCUT2D eigenvalue weighted by atomic mass is 9.99. The van der Waals surface area contributed by atoms with Crippen LogP contribution in [0.1, 0.15) is 66.8 Å². The van der Waals surface area contributed by atoms with Gasteiger partial charge in [-0.1, -0.05) is 108 Å². The number of piperidine rings is 2. The van der Waals surface area contributed by atoms with E-state index < -0.39 is 0 Å². The summed E-state index contributed by atoms with van der Waals surface area (Å²) in [7, 11) is 0. The highest BCUT2D eigenvalue weighted by Gasteiger charge is 2.17. The Morgan fingerprint density at radius 1 is 0.593 bits per heavy atom. The second-order valence-electron chi connectivity index (χ2n) is 14.5. The number of likely N-dealkylation sites (tertiary alicyclic amines) is 2. The van der Waals surface area contributed by atoms with E-state index in [1.165, 1.54) is 25.0 Å². The van der Waals surface area contributed by atoms with Crippen molar-refractivity contribution < 1.29 is 17.8 Å². The Bertz CT molecular complexity index is 2430. The average molecular weight is 795 g/mol. The lowest BCUT2D eigenvalue weighted by molar-refractivity contribution is 0.336. The van der Waals surface area contributed by atoms with Crippen molar-refractivity contribution in [2.45, 2.75) is 45.1 Å². The second-order valence-corrected chi connectivity index (χ2v) is 14.5. The van der Waals surface area contributed by atoms with Gasteiger partial charge in [-0.05, 0) is 72.9 Å². The first-order chi connectivity index (χ1) is 28.7. The molecule has 4 heterocycles. The van der Waals surface area contributed by atoms with E-state index in [4.69, 9.17) is 20.5 Å². The van der Waals surface area contributed by atoms with E-state index in [2.05, 4.69) is 38.4 Å². The fraction of sp³-hybridized carbons (Fsp3) is 0.234. The topological polar surface area (TPSA) is 135 Å². The van der Waals surface area contributed by atoms with E-state index in [0.717, 1.165) is 63.0 Å². The van der Waals surface area contributed by atoms with Crippen molar-refractivity contribution >= 4 is 28.9 Å². The third-order valence-corrected chi connectivity index (χ3v) is 10.5. The minimum absolute atomic E-state index is 0.303. The number of halogens is 2. The molecule has 4 aromatic carbocycles. The van der Waals surface area contributed by atoms with Gasteiger partial charge in [-0.3, -0.25) is 0 Å². The van der Waals surface area contributed by atoms with Crippen LogP contribution >= 0.6 is 0 Å². The minimum Gasteiger partial charge on any atom is -0.370 e. The predicted molar refractivity (Wildman–Crippen MR) is 230 cm³/mol. The Balaban J connectivity index is 0.000000179. The minimum atomic E-state index is -0.314. The zero-order valence-electron chi connectivity index (χ0n) is 33.0. The summed E-state index contributed by atoms with van der Waals surface area (Å²) < 4.78 is 40.0. The largest absolute Gasteiger partial charge is 0.370 e. The van der Waals surface area contributed by atoms with E-state index in [1.54, 1.807) is 24.3 Å². The molecule has 2 aromatic heterocycles. The van der Waals surface area contributed by atoms with Gasteiger partial charge in [-0.15, -0.1) is 0 Å². The molecular formula is C47H48F2N8O2. The van der Waals surface area contributed by atoms with E-state index in [9.17, 15) is 8.78 Å². The third-order valence-electron chi connectivity index (χ3n) is 10.5. The van der Waals surface area contributed by atoms with Crippen molar-refractivity contribution in [1.29, 1.82) is 0 Å². The molecule has 2 fully saturated rings. The van der Waals surface area contributed by atoms with Crippen LogP contribution in [0.3, 0.4) is 0 Å². The number of benzene rings is 4. The van der Waals surface area contributed by atoms with Crippen LogP contribution in [0.4, 0.5) is 14.7 Å². The van der Waals surface area contributed by atoms with Gasteiger partial charge in [0.05, 0.1) is 0 Å². The molecule has 10 nitrogen and oxygen atoms in total. The van der Waals surface area contributed by atoms with Gasteiger partial charge in [0.2, 0.25) is 0 Å². The molecule has 0 atom stereocenters. The summed E-state index contributed by atoms with van der Waals surface area (Å²) >= 11 is 0. The molecule has 0 aliphatic carbocycles. The maximum atomic E-state index is 14.7. The van der Waals surface area contributed by atoms with Crippen LogP contribution in [0.25, 0.3) is 33.4 Å². The molecular weight excluding hydrogens is 747 g/mol. The summed E-state index contributed by atoms with van der Waals surface area (Å²) in [6.45, 7) is 12.1. The van der Waals surface area contributed by atoms with Crippen molar-refractivity contribution in [2.24, 2.45) is 21.5 Å². The quantitative estimate of drug-likeness (QED) is 0.109. The number of hydrogen-bond donors (Lipinski definition) is 2. The molecule has 2 aliphatic heterocycles. The Morgan fingerprint density at radius 2 is 1.07 bits per heavy atom. The molecule has 2 saturated heterocycles. The smallest absolute Gasteiger partial charge is 0.254 e. The van der Waals surface area contributed by atoms with Gasteiger partial charge in [0.1, 0.15) is 29.6 Å². The Hall–Kier alpha value is -6.82. The van der Waals surface area contributed by atoms with Crippen LogP contribution in [0, 0.1) is 11.6 Å². The normalized spacial score (nSPS) is 14.7. The van der Waals surface area contributed by atoms with Crippen LogP contribution in [0.2, 0.25) is 0 Å². The summed E-state index contributed by atoms with van der Waals surface area (Å²) in [5.74, 6) is 1.24. The molecule has 0 unspecified atom stereocenters. The molecule has 12 heteroatoms. The third kappa shape index (κ3) is 10.2. The van der Waals surface area contributed by atoms with E-state index in [1.807, 2.05) is 77.7 Å². The summed E-state index contributed by atoms with van der Waals surface area (Å²) in [4.78, 5) is 12.9. The van der Waals surface area contributed by atoms with Crippen LogP contribution in [0.5, 0.6) is 0 Å². The molecule has 8 rings (SSSR count). The maximum absolute atomic E-state index is 14.7. The van der Waals surface area contributed by atoms with Gasteiger partial charge in [0, 0.05) is 60.6 Å². The Kier molecular flexibility index (Phi) is 13.1. The highest BCUT2D eigenvalue weighted by molar-refractivity contribution is 5.82. The summed E-state index contributed by atoms with van der Waals surface area (Å²) in [5.41, 5.74) is 18.4. The number of aromatic nitrogens is 2. The van der Waals surface area contributed by atoms with Gasteiger partial charge >= 0.3 is 0 Å². The molecule has 59 heavy (non-hydrogen) atoms. The van der Waals surface area contributed by atoms with Gasteiger partial charge in [0.15, 0.2) is 17.7 Å². The van der Waals surface area contributed by atoms with Crippen molar-refractivity contribution in [3.05, 3.63) is 162 Å². The highest BCUT2D eigenvalue weighted by atomic mass is 19.1. The molecule has 0 radical (unpaired) electrons. The molecule has 0 spiro atoms. The first kappa shape index (κ1) is 40.4. The number of hydrogen-bond acceptors (Lipinski definition) is 6. The van der Waals surface area contributed by atoms with Crippen molar-refractivity contribution in [1.82, 2.24) is 20.1 Å². The van der Waals surface area contributed by atoms with Crippen LogP contribution < -0.4 is 11.5 Å². The summed E-state index contributed by atoms with van der Waals surface area (Å²) in [5, 5.41) is 8.10. The standard InChI is InChI=1S/C24H25FN4O.C23H23FN4O/c1-17(19-10-11-21(22(25)14-19)18-8-4-2-5-9-18)23-15-20(30-28-23)16-27-24(26)29-12-6-3-7-13-29;1-16(18-10-11-19(20(24)14-18)17-8-4-2-5-9-17)21-15-22(29-27-21)26-23(25)28-12-6-3-7-13-28/h2,4-5,8-11,14-15H,1,3,6-7,12-13,16H2,(H2,26,27);2,4-5,8-11,14-15H,1,3,6-7,12-13H2,(H2,25,26). The highest BCUT2D eigenvalue weighted by Crippen LogP contribution is 2.30. The molecule has 0 bridgehead atoms. The first-order valence-corrected chi connectivity index (χ1v) is 19.9. The number of rotatable bonds is 9. The van der Waals surface area contributed by atoms with Crippen LogP contribution in [-0.2, 0) is 6.54 Å². The molecule has 4 N–H and O–H groups in total. The molecule has 302 valence electrons. The van der Waals surface area contributed by atoms with Gasteiger partial charge in [-0.2, -0.15) is 4.99 Å². The fourth-order valence-corrected chi connectivity index (χ4v) is 7.08. The SMILES string of the molecule is C=C(c1ccc(-c2ccccc2)c(F)c1)c1cc(/N=C(/N)N2CCCCC2)on1.C=C(c1ccc(-c2ccccc2)c(F)c1)c1cc(C/N=C(\N)N2CCCCC2)on1. The monoisotopic (exact) mass is 794 g/mol. The second kappa shape index (κ2) is 19.1. The van der Waals surface area contributed by atoms with Gasteiger partial charge in [0.25, 0.3) is 5.88 Å². The fourth-order valence-electron chi connectivity index (χ4n) is 7.08. The average Bonchev–Trinajstić information content (AvgIpc) is 3.97. The van der Waals surface area contributed by atoms with Crippen LogP contribution in [-0.4, -0.2) is 58.2 Å². The Labute approximate surface area is 343 Å². The molecule has 2 aliphatic rings. The van der Waals surface area contributed by atoms with Gasteiger partial charge in [-0.25, -0.2) is 13.8 Å².